The summed E-state index contributed by atoms with van der Waals surface area (Å²) in [6.45, 7) is 3.72. The molecule has 1 heterocycles. The van der Waals surface area contributed by atoms with Crippen LogP contribution in [-0.4, -0.2) is 34.9 Å². The predicted octanol–water partition coefficient (Wildman–Crippen LogP) is 4.09. The summed E-state index contributed by atoms with van der Waals surface area (Å²) in [5, 5.41) is 0. The number of hydrogen-bond donors (Lipinski definition) is 0. The van der Waals surface area contributed by atoms with Gasteiger partial charge in [0.2, 0.25) is 0 Å². The van der Waals surface area contributed by atoms with Gasteiger partial charge in [-0.05, 0) is 56.4 Å². The van der Waals surface area contributed by atoms with Gasteiger partial charge in [0.15, 0.2) is 0 Å². The van der Waals surface area contributed by atoms with Crippen molar-refractivity contribution in [2.75, 3.05) is 17.6 Å². The molecule has 0 aliphatic heterocycles. The summed E-state index contributed by atoms with van der Waals surface area (Å²) in [6.07, 6.45) is 8.46. The largest absolute Gasteiger partial charge is 0.458 e. The normalized spacial score (nSPS) is 16.6. The predicted molar refractivity (Wildman–Crippen MR) is 102 cm³/mol. The van der Waals surface area contributed by atoms with Crippen LogP contribution in [-0.2, 0) is 11.2 Å². The van der Waals surface area contributed by atoms with Gasteiger partial charge in [-0.3, -0.25) is 0 Å². The Morgan fingerprint density at radius 1 is 1.44 bits per heavy atom. The lowest BCUT2D eigenvalue weighted by atomic mass is 9.87. The maximum absolute atomic E-state index is 12.4. The highest BCUT2D eigenvalue weighted by Crippen LogP contribution is 2.36. The lowest BCUT2D eigenvalue weighted by Crippen LogP contribution is -2.22. The maximum Gasteiger partial charge on any atom is 0.356 e. The molecule has 1 unspecified atom stereocenters. The maximum atomic E-state index is 12.4. The summed E-state index contributed by atoms with van der Waals surface area (Å²) in [5.74, 6) is -0.308. The fourth-order valence-electron chi connectivity index (χ4n) is 3.34. The van der Waals surface area contributed by atoms with Crippen LogP contribution >= 0.6 is 11.9 Å². The molecule has 1 atom stereocenters. The number of hydrogen-bond acceptors (Lipinski definition) is 5. The number of rotatable bonds is 5. The molecule has 0 radical (unpaired) electrons. The Labute approximate surface area is 153 Å². The van der Waals surface area contributed by atoms with E-state index < -0.39 is 0 Å². The van der Waals surface area contributed by atoms with E-state index in [0.29, 0.717) is 5.69 Å². The van der Waals surface area contributed by atoms with Crippen LogP contribution in [0.25, 0.3) is 0 Å². The van der Waals surface area contributed by atoms with E-state index in [2.05, 4.69) is 40.8 Å². The van der Waals surface area contributed by atoms with E-state index >= 15 is 0 Å². The molecular formula is C19H25N3O2S. The number of fused-ring (bicyclic) bond motifs is 1. The Morgan fingerprint density at radius 3 is 2.96 bits per heavy atom. The zero-order chi connectivity index (χ0) is 18.0. The summed E-state index contributed by atoms with van der Waals surface area (Å²) in [6, 6.07) is 6.75. The van der Waals surface area contributed by atoms with Crippen molar-refractivity contribution in [1.29, 1.82) is 0 Å². The summed E-state index contributed by atoms with van der Waals surface area (Å²) >= 11 is 1.68. The first-order valence-electron chi connectivity index (χ1n) is 8.64. The third-order valence-corrected chi connectivity index (χ3v) is 5.36. The van der Waals surface area contributed by atoms with Gasteiger partial charge in [-0.1, -0.05) is 18.0 Å². The minimum atomic E-state index is -0.308. The monoisotopic (exact) mass is 359 g/mol. The van der Waals surface area contributed by atoms with E-state index in [1.54, 1.807) is 24.5 Å². The van der Waals surface area contributed by atoms with Crippen molar-refractivity contribution in [2.45, 2.75) is 45.3 Å². The number of aromatic nitrogens is 2. The molecule has 0 N–H and O–H groups in total. The molecule has 1 aliphatic rings. The van der Waals surface area contributed by atoms with Crippen LogP contribution in [0.1, 0.15) is 54.3 Å². The van der Waals surface area contributed by atoms with E-state index in [4.69, 9.17) is 4.74 Å². The highest BCUT2D eigenvalue weighted by molar-refractivity contribution is 7.99. The van der Waals surface area contributed by atoms with E-state index in [0.717, 1.165) is 19.3 Å². The van der Waals surface area contributed by atoms with Crippen molar-refractivity contribution in [3.63, 3.8) is 0 Å². The molecule has 1 aromatic carbocycles. The molecule has 25 heavy (non-hydrogen) atoms. The van der Waals surface area contributed by atoms with Crippen molar-refractivity contribution in [3.8, 4) is 0 Å². The molecular weight excluding hydrogens is 334 g/mol. The molecule has 5 nitrogen and oxygen atoms in total. The second kappa shape index (κ2) is 7.52. The third kappa shape index (κ3) is 3.68. The number of aryl methyl sites for hydroxylation is 1. The van der Waals surface area contributed by atoms with E-state index in [1.165, 1.54) is 16.8 Å². The van der Waals surface area contributed by atoms with Gasteiger partial charge in [-0.25, -0.2) is 9.78 Å². The molecule has 1 aromatic heterocycles. The smallest absolute Gasteiger partial charge is 0.356 e. The molecule has 134 valence electrons. The van der Waals surface area contributed by atoms with Gasteiger partial charge in [0.25, 0.3) is 0 Å². The number of carbonyl (C=O) groups is 1. The van der Waals surface area contributed by atoms with Crippen molar-refractivity contribution in [2.24, 2.45) is 0 Å². The second-order valence-corrected chi connectivity index (χ2v) is 7.52. The van der Waals surface area contributed by atoms with Gasteiger partial charge in [-0.15, -0.1) is 0 Å². The van der Waals surface area contributed by atoms with Crippen LogP contribution < -0.4 is 4.31 Å². The summed E-state index contributed by atoms with van der Waals surface area (Å²) in [4.78, 5) is 16.6. The molecule has 2 aromatic rings. The summed E-state index contributed by atoms with van der Waals surface area (Å²) in [7, 11) is 2.06. The third-order valence-electron chi connectivity index (χ3n) is 4.60. The zero-order valence-electron chi connectivity index (χ0n) is 15.2. The Kier molecular flexibility index (Phi) is 5.37. The lowest BCUT2D eigenvalue weighted by Gasteiger charge is -2.29. The van der Waals surface area contributed by atoms with Crippen LogP contribution in [0.2, 0.25) is 0 Å². The number of benzene rings is 1. The Hall–Kier alpha value is -1.95. The molecule has 6 heteroatoms. The Balaban J connectivity index is 1.99. The standard InChI is InChI=1S/C19H25N3O2S/c1-13(2)24-19(23)18-11-20-12-22(18)17-7-5-6-14-8-9-15(10-16(14)17)21(3)25-4/h8-13,17H,5-7H2,1-4H3. The molecule has 0 amide bonds. The zero-order valence-corrected chi connectivity index (χ0v) is 16.0. The first-order valence-corrected chi connectivity index (χ1v) is 9.83. The van der Waals surface area contributed by atoms with E-state index in [1.807, 2.05) is 18.4 Å². The molecule has 3 rings (SSSR count). The van der Waals surface area contributed by atoms with Gasteiger partial charge in [0.1, 0.15) is 5.69 Å². The van der Waals surface area contributed by atoms with Crippen LogP contribution in [0, 0.1) is 0 Å². The molecule has 0 fully saturated rings. The van der Waals surface area contributed by atoms with Gasteiger partial charge in [-0.2, -0.15) is 0 Å². The first kappa shape index (κ1) is 17.9. The van der Waals surface area contributed by atoms with Crippen molar-refractivity contribution in [1.82, 2.24) is 9.55 Å². The number of esters is 1. The number of imidazole rings is 1. The molecule has 0 saturated carbocycles. The van der Waals surface area contributed by atoms with E-state index in [9.17, 15) is 4.79 Å². The Morgan fingerprint density at radius 2 is 2.24 bits per heavy atom. The summed E-state index contributed by atoms with van der Waals surface area (Å²) < 4.78 is 9.51. The molecule has 0 saturated heterocycles. The molecule has 0 bridgehead atoms. The highest BCUT2D eigenvalue weighted by atomic mass is 32.2. The SMILES string of the molecule is CSN(C)c1ccc2c(c1)C(n1cncc1C(=O)OC(C)C)CCC2. The number of ether oxygens (including phenoxy) is 1. The minimum absolute atomic E-state index is 0.121. The fourth-order valence-corrected chi connectivity index (χ4v) is 3.66. The summed E-state index contributed by atoms with van der Waals surface area (Å²) in [5.41, 5.74) is 4.33. The van der Waals surface area contributed by atoms with Crippen LogP contribution in [0.4, 0.5) is 5.69 Å². The van der Waals surface area contributed by atoms with Gasteiger partial charge in [0, 0.05) is 19.0 Å². The van der Waals surface area contributed by atoms with E-state index in [-0.39, 0.29) is 18.1 Å². The van der Waals surface area contributed by atoms with Gasteiger partial charge >= 0.3 is 5.97 Å². The minimum Gasteiger partial charge on any atom is -0.458 e. The van der Waals surface area contributed by atoms with Gasteiger partial charge in [0.05, 0.1) is 24.7 Å². The van der Waals surface area contributed by atoms with Gasteiger partial charge < -0.3 is 13.6 Å². The lowest BCUT2D eigenvalue weighted by molar-refractivity contribution is 0.0363. The van der Waals surface area contributed by atoms with Crippen molar-refractivity contribution in [3.05, 3.63) is 47.5 Å². The fraction of sp³-hybridized carbons (Fsp3) is 0.474. The van der Waals surface area contributed by atoms with Crippen molar-refractivity contribution >= 4 is 23.6 Å². The average Bonchev–Trinajstić information content (AvgIpc) is 3.09. The van der Waals surface area contributed by atoms with Crippen LogP contribution in [0.3, 0.4) is 0 Å². The van der Waals surface area contributed by atoms with Crippen molar-refractivity contribution < 1.29 is 9.53 Å². The first-order chi connectivity index (χ1) is 12.0. The number of carbonyl (C=O) groups excluding carboxylic acids is 1. The Bertz CT molecular complexity index is 757. The molecule has 1 aliphatic carbocycles. The number of anilines is 1. The number of nitrogens with zero attached hydrogens (tertiary/aromatic N) is 3. The van der Waals surface area contributed by atoms with Crippen LogP contribution in [0.15, 0.2) is 30.7 Å². The quantitative estimate of drug-likeness (QED) is 0.594. The highest BCUT2D eigenvalue weighted by Gasteiger charge is 2.26. The van der Waals surface area contributed by atoms with Crippen LogP contribution in [0.5, 0.6) is 0 Å². The average molecular weight is 359 g/mol. The topological polar surface area (TPSA) is 47.4 Å². The second-order valence-electron chi connectivity index (χ2n) is 6.61. The molecule has 0 spiro atoms.